The molecule has 0 amide bonds. The smallest absolute Gasteiger partial charge is 0.247 e. The normalized spacial score (nSPS) is 17.6. The van der Waals surface area contributed by atoms with Gasteiger partial charge in [-0.2, -0.15) is 0 Å². The number of aromatic nitrogens is 2. The van der Waals surface area contributed by atoms with Crippen LogP contribution in [0.3, 0.4) is 0 Å². The molecule has 1 atom stereocenters. The van der Waals surface area contributed by atoms with Gasteiger partial charge in [0.1, 0.15) is 0 Å². The molecule has 3 heteroatoms. The van der Waals surface area contributed by atoms with Crippen LogP contribution in [0.25, 0.3) is 55.0 Å². The molecule has 2 nitrogen and oxygen atoms in total. The molecule has 10 rings (SSSR count). The van der Waals surface area contributed by atoms with Crippen molar-refractivity contribution < 1.29 is 0 Å². The van der Waals surface area contributed by atoms with E-state index in [0.29, 0.717) is 5.92 Å². The van der Waals surface area contributed by atoms with Crippen LogP contribution in [0.4, 0.5) is 0 Å². The van der Waals surface area contributed by atoms with E-state index in [0.717, 1.165) is 6.42 Å². The van der Waals surface area contributed by atoms with Gasteiger partial charge in [0, 0.05) is 43.9 Å². The lowest BCUT2D eigenvalue weighted by Gasteiger charge is -2.42. The van der Waals surface area contributed by atoms with E-state index in [9.17, 15) is 0 Å². The highest BCUT2D eigenvalue weighted by molar-refractivity contribution is 6.99. The Balaban J connectivity index is 1.34. The molecule has 2 aliphatic heterocycles. The number of aryl methyl sites for hydroxylation is 1. The number of hydrogen-bond acceptors (Lipinski definition) is 0. The highest BCUT2D eigenvalue weighted by Gasteiger charge is 2.46. The molecule has 0 saturated heterocycles. The summed E-state index contributed by atoms with van der Waals surface area (Å²) in [6.07, 6.45) is 8.43. The van der Waals surface area contributed by atoms with Gasteiger partial charge in [-0.15, -0.1) is 0 Å². The fourth-order valence-electron chi connectivity index (χ4n) is 11.0. The second-order valence-corrected chi connectivity index (χ2v) is 23.3. The summed E-state index contributed by atoms with van der Waals surface area (Å²) in [5.41, 5.74) is 20.8. The van der Waals surface area contributed by atoms with Crippen molar-refractivity contribution in [3.05, 3.63) is 124 Å². The number of rotatable bonds is 1. The van der Waals surface area contributed by atoms with E-state index < -0.39 is 0 Å². The topological polar surface area (TPSA) is 9.86 Å². The third-order valence-corrected chi connectivity index (χ3v) is 14.7. The first-order valence-corrected chi connectivity index (χ1v) is 22.2. The molecule has 0 spiro atoms. The Hall–Kier alpha value is -4.76. The summed E-state index contributed by atoms with van der Waals surface area (Å²) in [5, 5.41) is 5.45. The van der Waals surface area contributed by atoms with Gasteiger partial charge in [0.05, 0.1) is 16.6 Å². The molecule has 0 radical (unpaired) electrons. The van der Waals surface area contributed by atoms with Gasteiger partial charge < -0.3 is 9.13 Å². The van der Waals surface area contributed by atoms with Crippen LogP contribution in [0.5, 0.6) is 0 Å². The Morgan fingerprint density at radius 2 is 1.15 bits per heavy atom. The first-order valence-electron chi connectivity index (χ1n) is 22.2. The van der Waals surface area contributed by atoms with Crippen molar-refractivity contribution in [3.8, 4) is 5.69 Å². The molecule has 3 aliphatic rings. The lowest BCUT2D eigenvalue weighted by Crippen LogP contribution is -2.63. The van der Waals surface area contributed by atoms with Crippen molar-refractivity contribution in [2.75, 3.05) is 0 Å². The van der Waals surface area contributed by atoms with Crippen LogP contribution in [-0.2, 0) is 21.7 Å². The number of fused-ring (bicyclic) bond motifs is 10. The Kier molecular flexibility index (Phi) is 7.79. The predicted molar refractivity (Wildman–Crippen MR) is 259 cm³/mol. The van der Waals surface area contributed by atoms with Crippen molar-refractivity contribution >= 4 is 72.4 Å². The number of hydrogen-bond donors (Lipinski definition) is 0. The standard InChI is InChI=1S/C56H63BN2/c1-32-24-43-50-49(25-32)59-47-23-19-35(54(8,9)10)27-39(47)41-28-36(55(11,12)13)29-45(51(41)59)57(50)44-30-40-38-26-34(53(5,6)7)18-22-46(38)58(48(40)31-42(44)56(43,14)15)37-20-16-33(17-21-37)52(2,3)4/h16,18-31,33H,17H2,1-15H3. The summed E-state index contributed by atoms with van der Waals surface area (Å²) in [5.74, 6) is 0.523. The summed E-state index contributed by atoms with van der Waals surface area (Å²) in [6.45, 7) is 35.7. The van der Waals surface area contributed by atoms with E-state index in [4.69, 9.17) is 0 Å². The summed E-state index contributed by atoms with van der Waals surface area (Å²) >= 11 is 0. The molecule has 5 aromatic carbocycles. The van der Waals surface area contributed by atoms with Gasteiger partial charge in [-0.3, -0.25) is 0 Å². The van der Waals surface area contributed by atoms with Crippen LogP contribution in [0, 0.1) is 18.3 Å². The minimum atomic E-state index is -0.220. The number of nitrogens with zero attached hydrogens (tertiary/aromatic N) is 2. The molecular weight excluding hydrogens is 711 g/mol. The van der Waals surface area contributed by atoms with Gasteiger partial charge >= 0.3 is 0 Å². The highest BCUT2D eigenvalue weighted by Crippen LogP contribution is 2.45. The summed E-state index contributed by atoms with van der Waals surface area (Å²) in [6, 6.07) is 30.0. The van der Waals surface area contributed by atoms with Gasteiger partial charge in [-0.05, 0) is 134 Å². The molecule has 0 bridgehead atoms. The second-order valence-electron chi connectivity index (χ2n) is 23.3. The van der Waals surface area contributed by atoms with Gasteiger partial charge in [0.2, 0.25) is 6.71 Å². The fraction of sp³-hybridized carbons (Fsp3) is 0.393. The maximum absolute atomic E-state index is 2.65. The van der Waals surface area contributed by atoms with Crippen LogP contribution < -0.4 is 16.4 Å². The molecule has 2 aromatic heterocycles. The lowest BCUT2D eigenvalue weighted by molar-refractivity contribution is 0.294. The van der Waals surface area contributed by atoms with E-state index in [1.54, 1.807) is 0 Å². The molecular formula is C56H63BN2. The molecule has 59 heavy (non-hydrogen) atoms. The van der Waals surface area contributed by atoms with Crippen LogP contribution in [0.15, 0.2) is 91.0 Å². The average Bonchev–Trinajstić information content (AvgIpc) is 3.65. The van der Waals surface area contributed by atoms with Crippen LogP contribution in [0.2, 0.25) is 0 Å². The van der Waals surface area contributed by atoms with Crippen molar-refractivity contribution in [3.63, 3.8) is 0 Å². The maximum Gasteiger partial charge on any atom is 0.247 e. The average molecular weight is 775 g/mol. The van der Waals surface area contributed by atoms with Gasteiger partial charge in [0.15, 0.2) is 0 Å². The highest BCUT2D eigenvalue weighted by atomic mass is 15.0. The monoisotopic (exact) mass is 775 g/mol. The van der Waals surface area contributed by atoms with Crippen molar-refractivity contribution in [2.45, 2.75) is 132 Å². The Labute approximate surface area is 353 Å². The van der Waals surface area contributed by atoms with Crippen LogP contribution >= 0.6 is 0 Å². The minimum Gasteiger partial charge on any atom is -0.310 e. The summed E-state index contributed by atoms with van der Waals surface area (Å²) in [4.78, 5) is 0. The first kappa shape index (κ1) is 38.4. The zero-order chi connectivity index (χ0) is 42.1. The Morgan fingerprint density at radius 3 is 1.73 bits per heavy atom. The summed E-state index contributed by atoms with van der Waals surface area (Å²) in [7, 11) is 0. The third-order valence-electron chi connectivity index (χ3n) is 14.7. The molecule has 1 unspecified atom stereocenters. The zero-order valence-electron chi connectivity index (χ0n) is 38.4. The van der Waals surface area contributed by atoms with E-state index in [-0.39, 0.29) is 33.8 Å². The van der Waals surface area contributed by atoms with Gasteiger partial charge in [0.25, 0.3) is 0 Å². The maximum atomic E-state index is 2.65. The lowest BCUT2D eigenvalue weighted by atomic mass is 9.30. The van der Waals surface area contributed by atoms with Crippen LogP contribution in [0.1, 0.15) is 137 Å². The van der Waals surface area contributed by atoms with E-state index in [2.05, 4.69) is 204 Å². The largest absolute Gasteiger partial charge is 0.310 e. The third kappa shape index (κ3) is 5.51. The molecule has 0 saturated carbocycles. The van der Waals surface area contributed by atoms with E-state index in [1.165, 1.54) is 105 Å². The molecule has 0 N–H and O–H groups in total. The summed E-state index contributed by atoms with van der Waals surface area (Å²) < 4.78 is 5.24. The quantitative estimate of drug-likeness (QED) is 0.147. The van der Waals surface area contributed by atoms with Crippen LogP contribution in [-0.4, -0.2) is 15.8 Å². The Morgan fingerprint density at radius 1 is 0.576 bits per heavy atom. The molecule has 300 valence electrons. The van der Waals surface area contributed by atoms with E-state index in [1.807, 2.05) is 0 Å². The molecule has 0 fully saturated rings. The van der Waals surface area contributed by atoms with Crippen molar-refractivity contribution in [1.82, 2.24) is 9.13 Å². The minimum absolute atomic E-state index is 0.0120. The number of benzene rings is 5. The molecule has 7 aromatic rings. The van der Waals surface area contributed by atoms with Gasteiger partial charge in [-0.1, -0.05) is 145 Å². The Bertz CT molecular complexity index is 3030. The molecule has 1 aliphatic carbocycles. The zero-order valence-corrected chi connectivity index (χ0v) is 38.4. The van der Waals surface area contributed by atoms with Gasteiger partial charge in [-0.25, -0.2) is 0 Å². The first-order chi connectivity index (χ1) is 27.4. The van der Waals surface area contributed by atoms with Crippen molar-refractivity contribution in [1.29, 1.82) is 0 Å². The number of allylic oxidation sites excluding steroid dienone is 4. The predicted octanol–water partition coefficient (Wildman–Crippen LogP) is 13.0. The molecule has 4 heterocycles. The van der Waals surface area contributed by atoms with Crippen molar-refractivity contribution in [2.24, 2.45) is 11.3 Å². The fourth-order valence-corrected chi connectivity index (χ4v) is 11.0. The van der Waals surface area contributed by atoms with E-state index >= 15 is 0 Å². The second kappa shape index (κ2) is 12.0. The SMILES string of the molecule is Cc1cc2c3c(c1)C(C)(C)c1cc4c(cc1B3c1cc(C(C)(C)C)cc3c5cc(C(C)(C)C)ccc5n-2c13)c1cc(C(C)(C)C)ccc1n4C1=CCC(C(C)(C)C)C=C1.